The molecule has 0 N–H and O–H groups in total. The van der Waals surface area contributed by atoms with Gasteiger partial charge in [0.25, 0.3) is 0 Å². The van der Waals surface area contributed by atoms with Gasteiger partial charge in [0.2, 0.25) is 5.91 Å². The van der Waals surface area contributed by atoms with E-state index in [0.717, 1.165) is 12.3 Å². The summed E-state index contributed by atoms with van der Waals surface area (Å²) in [5, 5.41) is 0.210. The van der Waals surface area contributed by atoms with Gasteiger partial charge in [0.15, 0.2) is 5.78 Å². The largest absolute Gasteiger partial charge is 0.335 e. The summed E-state index contributed by atoms with van der Waals surface area (Å²) in [6.07, 6.45) is 3.46. The van der Waals surface area contributed by atoms with E-state index in [-0.39, 0.29) is 23.5 Å². The number of nitrogens with zero attached hydrogens (tertiary/aromatic N) is 1. The van der Waals surface area contributed by atoms with Crippen LogP contribution >= 0.6 is 11.8 Å². The Kier molecular flexibility index (Phi) is 6.30. The number of Topliss-reactive ketones (excluding diaryl/α,β-unsaturated/α-hetero) is 1. The molecule has 21 heavy (non-hydrogen) atoms. The zero-order valence-corrected chi connectivity index (χ0v) is 13.4. The van der Waals surface area contributed by atoms with Gasteiger partial charge in [0, 0.05) is 24.6 Å². The van der Waals surface area contributed by atoms with Crippen molar-refractivity contribution in [3.05, 3.63) is 35.9 Å². The number of carbonyl (C=O) groups is 2. The fraction of sp³-hybridized carbons (Fsp3) is 0.529. The van der Waals surface area contributed by atoms with Crippen LogP contribution < -0.4 is 0 Å². The number of ketones is 1. The van der Waals surface area contributed by atoms with E-state index in [9.17, 15) is 9.59 Å². The third kappa shape index (κ3) is 4.88. The third-order valence-corrected chi connectivity index (χ3v) is 5.08. The van der Waals surface area contributed by atoms with E-state index in [1.54, 1.807) is 4.90 Å². The summed E-state index contributed by atoms with van der Waals surface area (Å²) in [6, 6.07) is 10.2. The lowest BCUT2D eigenvalue weighted by molar-refractivity contribution is -0.143. The van der Waals surface area contributed by atoms with E-state index in [1.165, 1.54) is 18.4 Å². The summed E-state index contributed by atoms with van der Waals surface area (Å²) < 4.78 is 0. The van der Waals surface area contributed by atoms with Crippen LogP contribution in [0, 0.1) is 0 Å². The number of hydrogen-bond acceptors (Lipinski definition) is 3. The van der Waals surface area contributed by atoms with Crippen molar-refractivity contribution in [1.82, 2.24) is 4.90 Å². The first-order valence-corrected chi connectivity index (χ1v) is 8.71. The van der Waals surface area contributed by atoms with Crippen LogP contribution in [-0.2, 0) is 9.59 Å². The molecule has 1 aliphatic rings. The maximum atomic E-state index is 12.2. The van der Waals surface area contributed by atoms with Crippen LogP contribution in [0.3, 0.4) is 0 Å². The monoisotopic (exact) mass is 305 g/mol. The van der Waals surface area contributed by atoms with E-state index in [4.69, 9.17) is 0 Å². The van der Waals surface area contributed by atoms with Crippen LogP contribution in [0.4, 0.5) is 0 Å². The number of β-lactam (4-membered cyclic amide) rings is 1. The summed E-state index contributed by atoms with van der Waals surface area (Å²) in [5.74, 6) is 1.35. The lowest BCUT2D eigenvalue weighted by atomic mass is 10.1. The first-order chi connectivity index (χ1) is 10.2. The van der Waals surface area contributed by atoms with E-state index in [0.29, 0.717) is 12.8 Å². The molecule has 2 rings (SSSR count). The minimum absolute atomic E-state index is 0.109. The highest BCUT2D eigenvalue weighted by molar-refractivity contribution is 7.99. The van der Waals surface area contributed by atoms with Crippen LogP contribution in [0.15, 0.2) is 30.3 Å². The lowest BCUT2D eigenvalue weighted by Gasteiger charge is -2.30. The predicted octanol–water partition coefficient (Wildman–Crippen LogP) is 3.45. The number of unbranched alkanes of at least 4 members (excludes halogenated alkanes) is 1. The molecule has 0 bridgehead atoms. The van der Waals surface area contributed by atoms with E-state index in [1.807, 2.05) is 30.0 Å². The molecule has 1 aromatic carbocycles. The normalized spacial score (nSPS) is 15.7. The molecule has 0 aromatic heterocycles. The van der Waals surface area contributed by atoms with Gasteiger partial charge in [0.05, 0.1) is 6.54 Å². The average molecular weight is 305 g/mol. The van der Waals surface area contributed by atoms with Gasteiger partial charge in [-0.05, 0) is 17.7 Å². The van der Waals surface area contributed by atoms with Crippen molar-refractivity contribution < 1.29 is 9.59 Å². The number of hydrogen-bond donors (Lipinski definition) is 0. The average Bonchev–Trinajstić information content (AvgIpc) is 2.51. The highest BCUT2D eigenvalue weighted by Gasteiger charge is 2.26. The van der Waals surface area contributed by atoms with E-state index < -0.39 is 0 Å². The van der Waals surface area contributed by atoms with Crippen molar-refractivity contribution in [2.45, 2.75) is 37.9 Å². The first-order valence-electron chi connectivity index (χ1n) is 7.66. The van der Waals surface area contributed by atoms with Crippen molar-refractivity contribution in [2.75, 3.05) is 18.8 Å². The van der Waals surface area contributed by atoms with Crippen LogP contribution in [0.1, 0.15) is 43.4 Å². The molecule has 1 amide bonds. The lowest BCUT2D eigenvalue weighted by Crippen LogP contribution is -2.46. The molecular formula is C17H23NO2S. The Morgan fingerprint density at radius 3 is 2.67 bits per heavy atom. The minimum atomic E-state index is 0.109. The summed E-state index contributed by atoms with van der Waals surface area (Å²) in [6.45, 7) is 3.21. The van der Waals surface area contributed by atoms with Gasteiger partial charge in [0.1, 0.15) is 0 Å². The number of amides is 1. The molecule has 1 heterocycles. The fourth-order valence-corrected chi connectivity index (χ4v) is 3.72. The van der Waals surface area contributed by atoms with Crippen molar-refractivity contribution in [1.29, 1.82) is 0 Å². The van der Waals surface area contributed by atoms with Gasteiger partial charge in [-0.25, -0.2) is 0 Å². The molecule has 1 unspecified atom stereocenters. The van der Waals surface area contributed by atoms with Crippen molar-refractivity contribution in [3.8, 4) is 0 Å². The number of thioether (sulfide) groups is 1. The van der Waals surface area contributed by atoms with Gasteiger partial charge in [-0.2, -0.15) is 11.8 Å². The maximum Gasteiger partial charge on any atom is 0.224 e. The second-order valence-electron chi connectivity index (χ2n) is 5.43. The number of benzene rings is 1. The maximum absolute atomic E-state index is 12.2. The Morgan fingerprint density at radius 1 is 1.33 bits per heavy atom. The van der Waals surface area contributed by atoms with E-state index >= 15 is 0 Å². The summed E-state index contributed by atoms with van der Waals surface area (Å²) in [5.41, 5.74) is 1.21. The highest BCUT2D eigenvalue weighted by Crippen LogP contribution is 2.33. The Labute approximate surface area is 131 Å². The molecule has 1 fully saturated rings. The molecule has 4 heteroatoms. The Balaban J connectivity index is 1.91. The summed E-state index contributed by atoms with van der Waals surface area (Å²) >= 11 is 1.86. The first kappa shape index (κ1) is 16.1. The molecule has 1 saturated heterocycles. The smallest absolute Gasteiger partial charge is 0.224 e. The molecule has 0 spiro atoms. The zero-order chi connectivity index (χ0) is 15.1. The Morgan fingerprint density at radius 2 is 2.10 bits per heavy atom. The number of likely N-dealkylation sites (tertiary alicyclic amines) is 1. The Bertz CT molecular complexity index is 475. The molecule has 1 atom stereocenters. The molecule has 0 saturated carbocycles. The van der Waals surface area contributed by atoms with Gasteiger partial charge in [-0.3, -0.25) is 9.59 Å². The summed E-state index contributed by atoms with van der Waals surface area (Å²) in [7, 11) is 0. The molecule has 3 nitrogen and oxygen atoms in total. The molecule has 0 aliphatic carbocycles. The van der Waals surface area contributed by atoms with Crippen LogP contribution in [0.5, 0.6) is 0 Å². The van der Waals surface area contributed by atoms with Crippen molar-refractivity contribution in [3.63, 3.8) is 0 Å². The Hall–Kier alpha value is -1.29. The van der Waals surface area contributed by atoms with Gasteiger partial charge < -0.3 is 4.90 Å². The third-order valence-electron chi connectivity index (χ3n) is 3.72. The standard InChI is InChI=1S/C17H23NO2S/c1-2-3-11-21-16(14-7-5-4-6-8-14)12-15(19)13-18-10-9-17(18)20/h4-8,16H,2-3,9-13H2,1H3. The van der Waals surface area contributed by atoms with Gasteiger partial charge in [-0.1, -0.05) is 43.7 Å². The quantitative estimate of drug-likeness (QED) is 0.518. The number of carbonyl (C=O) groups excluding carboxylic acids is 2. The minimum Gasteiger partial charge on any atom is -0.335 e. The highest BCUT2D eigenvalue weighted by atomic mass is 32.2. The predicted molar refractivity (Wildman–Crippen MR) is 87.4 cm³/mol. The molecular weight excluding hydrogens is 282 g/mol. The topological polar surface area (TPSA) is 37.4 Å². The summed E-state index contributed by atoms with van der Waals surface area (Å²) in [4.78, 5) is 25.2. The van der Waals surface area contributed by atoms with Crippen LogP contribution in [0.2, 0.25) is 0 Å². The van der Waals surface area contributed by atoms with Crippen LogP contribution in [-0.4, -0.2) is 35.4 Å². The van der Waals surface area contributed by atoms with Crippen molar-refractivity contribution in [2.24, 2.45) is 0 Å². The molecule has 114 valence electrons. The molecule has 1 aromatic rings. The molecule has 1 aliphatic heterocycles. The SMILES string of the molecule is CCCCSC(CC(=O)CN1CCC1=O)c1ccccc1. The zero-order valence-electron chi connectivity index (χ0n) is 12.6. The van der Waals surface area contributed by atoms with Crippen LogP contribution in [0.25, 0.3) is 0 Å². The van der Waals surface area contributed by atoms with Gasteiger partial charge in [-0.15, -0.1) is 0 Å². The second kappa shape index (κ2) is 8.23. The molecule has 0 radical (unpaired) electrons. The van der Waals surface area contributed by atoms with Crippen molar-refractivity contribution >= 4 is 23.5 Å². The van der Waals surface area contributed by atoms with Gasteiger partial charge >= 0.3 is 0 Å². The fourth-order valence-electron chi connectivity index (χ4n) is 2.32. The number of rotatable bonds is 9. The second-order valence-corrected chi connectivity index (χ2v) is 6.74. The van der Waals surface area contributed by atoms with E-state index in [2.05, 4.69) is 19.1 Å².